The van der Waals surface area contributed by atoms with Gasteiger partial charge < -0.3 is 15.7 Å². The summed E-state index contributed by atoms with van der Waals surface area (Å²) in [4.78, 5) is 22.2. The Bertz CT molecular complexity index is 239. The second kappa shape index (κ2) is 7.09. The molecule has 0 aromatic rings. The van der Waals surface area contributed by atoms with Crippen molar-refractivity contribution in [2.45, 2.75) is 40.2 Å². The van der Waals surface area contributed by atoms with E-state index in [1.165, 1.54) is 0 Å². The Kier molecular flexibility index (Phi) is 6.53. The number of carbonyl (C=O) groups excluding carboxylic acids is 1. The predicted octanol–water partition coefficient (Wildman–Crippen LogP) is 1.44. The smallest absolute Gasteiger partial charge is 0.326 e. The lowest BCUT2D eigenvalue weighted by molar-refractivity contribution is -0.140. The van der Waals surface area contributed by atoms with Gasteiger partial charge in [-0.3, -0.25) is 0 Å². The number of hydrogen-bond donors (Lipinski definition) is 3. The van der Waals surface area contributed by atoms with E-state index in [1.807, 2.05) is 0 Å². The van der Waals surface area contributed by atoms with Crippen molar-refractivity contribution >= 4 is 12.0 Å². The van der Waals surface area contributed by atoms with Gasteiger partial charge in [-0.15, -0.1) is 0 Å². The first-order valence-electron chi connectivity index (χ1n) is 5.61. The maximum atomic E-state index is 11.4. The fraction of sp³-hybridized carbons (Fsp3) is 0.818. The maximum Gasteiger partial charge on any atom is 0.326 e. The third kappa shape index (κ3) is 6.27. The van der Waals surface area contributed by atoms with Gasteiger partial charge in [-0.1, -0.05) is 27.7 Å². The highest BCUT2D eigenvalue weighted by Gasteiger charge is 2.22. The number of carboxylic acid groups (broad SMARTS) is 1. The molecule has 3 N–H and O–H groups in total. The monoisotopic (exact) mass is 230 g/mol. The van der Waals surface area contributed by atoms with Gasteiger partial charge in [0.25, 0.3) is 0 Å². The second-order valence-corrected chi connectivity index (χ2v) is 4.64. The highest BCUT2D eigenvalue weighted by Crippen LogP contribution is 2.01. The molecule has 0 heterocycles. The van der Waals surface area contributed by atoms with Gasteiger partial charge in [-0.05, 0) is 18.3 Å². The van der Waals surface area contributed by atoms with E-state index in [4.69, 9.17) is 5.11 Å². The molecule has 5 nitrogen and oxygen atoms in total. The van der Waals surface area contributed by atoms with Crippen molar-refractivity contribution in [3.05, 3.63) is 0 Å². The normalized spacial score (nSPS) is 12.6. The molecule has 16 heavy (non-hydrogen) atoms. The van der Waals surface area contributed by atoms with Crippen LogP contribution in [0, 0.1) is 11.8 Å². The number of aliphatic carboxylic acids is 1. The molecule has 1 unspecified atom stereocenters. The van der Waals surface area contributed by atoms with Crippen LogP contribution >= 0.6 is 0 Å². The summed E-state index contributed by atoms with van der Waals surface area (Å²) in [5, 5.41) is 13.9. The Hall–Kier alpha value is -1.26. The fourth-order valence-corrected chi connectivity index (χ4v) is 1.18. The molecule has 5 heteroatoms. The molecule has 1 atom stereocenters. The molecule has 0 bridgehead atoms. The summed E-state index contributed by atoms with van der Waals surface area (Å²) in [5.41, 5.74) is 0. The summed E-state index contributed by atoms with van der Waals surface area (Å²) < 4.78 is 0. The van der Waals surface area contributed by atoms with Crippen molar-refractivity contribution in [2.24, 2.45) is 11.8 Å². The first kappa shape index (κ1) is 14.7. The van der Waals surface area contributed by atoms with E-state index in [9.17, 15) is 9.59 Å². The summed E-state index contributed by atoms with van der Waals surface area (Å²) in [7, 11) is 0. The third-order valence-corrected chi connectivity index (χ3v) is 2.23. The number of nitrogens with one attached hydrogen (secondary N) is 2. The first-order chi connectivity index (χ1) is 7.34. The summed E-state index contributed by atoms with van der Waals surface area (Å²) >= 11 is 0. The minimum absolute atomic E-state index is 0.131. The molecule has 0 aliphatic rings. The van der Waals surface area contributed by atoms with E-state index in [0.717, 1.165) is 6.42 Å². The van der Waals surface area contributed by atoms with Crippen LogP contribution in [0.25, 0.3) is 0 Å². The molecule has 0 saturated heterocycles. The molecule has 2 amide bonds. The van der Waals surface area contributed by atoms with E-state index in [1.54, 1.807) is 13.8 Å². The fourth-order valence-electron chi connectivity index (χ4n) is 1.18. The van der Waals surface area contributed by atoms with Gasteiger partial charge in [0.1, 0.15) is 6.04 Å². The molecule has 0 saturated carbocycles. The molecule has 0 aliphatic heterocycles. The van der Waals surface area contributed by atoms with Crippen LogP contribution in [0.3, 0.4) is 0 Å². The van der Waals surface area contributed by atoms with Crippen LogP contribution in [-0.4, -0.2) is 29.7 Å². The molecule has 0 aromatic heterocycles. The van der Waals surface area contributed by atoms with Crippen molar-refractivity contribution in [1.29, 1.82) is 0 Å². The molecule has 94 valence electrons. The van der Waals surface area contributed by atoms with Crippen LogP contribution in [-0.2, 0) is 4.79 Å². The molecule has 0 radical (unpaired) electrons. The topological polar surface area (TPSA) is 78.4 Å². The van der Waals surface area contributed by atoms with E-state index in [-0.39, 0.29) is 5.92 Å². The van der Waals surface area contributed by atoms with Crippen LogP contribution in [0.15, 0.2) is 0 Å². The minimum Gasteiger partial charge on any atom is -0.480 e. The van der Waals surface area contributed by atoms with Crippen LogP contribution in [0.1, 0.15) is 34.1 Å². The Morgan fingerprint density at radius 3 is 2.12 bits per heavy atom. The summed E-state index contributed by atoms with van der Waals surface area (Å²) in [6.45, 7) is 8.20. The van der Waals surface area contributed by atoms with Gasteiger partial charge in [0.15, 0.2) is 0 Å². The lowest BCUT2D eigenvalue weighted by Crippen LogP contribution is -2.48. The lowest BCUT2D eigenvalue weighted by Gasteiger charge is -2.18. The van der Waals surface area contributed by atoms with Crippen molar-refractivity contribution in [1.82, 2.24) is 10.6 Å². The number of carbonyl (C=O) groups is 2. The molecular formula is C11H22N2O3. The van der Waals surface area contributed by atoms with Crippen LogP contribution in [0.4, 0.5) is 4.79 Å². The third-order valence-electron chi connectivity index (χ3n) is 2.23. The van der Waals surface area contributed by atoms with E-state index in [0.29, 0.717) is 12.5 Å². The van der Waals surface area contributed by atoms with Gasteiger partial charge in [0.05, 0.1) is 0 Å². The van der Waals surface area contributed by atoms with Crippen molar-refractivity contribution in [3.8, 4) is 0 Å². The standard InChI is InChI=1S/C11H22N2O3/c1-7(2)5-6-12-11(16)13-9(8(3)4)10(14)15/h7-9H,5-6H2,1-4H3,(H,14,15)(H2,12,13,16). The van der Waals surface area contributed by atoms with Crippen LogP contribution < -0.4 is 10.6 Å². The number of amides is 2. The van der Waals surface area contributed by atoms with E-state index >= 15 is 0 Å². The Labute approximate surface area is 96.6 Å². The van der Waals surface area contributed by atoms with Crippen molar-refractivity contribution in [3.63, 3.8) is 0 Å². The molecule has 0 aromatic carbocycles. The van der Waals surface area contributed by atoms with Gasteiger partial charge in [-0.25, -0.2) is 9.59 Å². The molecular weight excluding hydrogens is 208 g/mol. The van der Waals surface area contributed by atoms with Crippen molar-refractivity contribution in [2.75, 3.05) is 6.54 Å². The highest BCUT2D eigenvalue weighted by atomic mass is 16.4. The Morgan fingerprint density at radius 2 is 1.75 bits per heavy atom. The quantitative estimate of drug-likeness (QED) is 0.646. The van der Waals surface area contributed by atoms with Gasteiger partial charge in [0.2, 0.25) is 0 Å². The zero-order chi connectivity index (χ0) is 12.7. The average molecular weight is 230 g/mol. The highest BCUT2D eigenvalue weighted by molar-refractivity contribution is 5.82. The Morgan fingerprint density at radius 1 is 1.19 bits per heavy atom. The number of rotatable bonds is 6. The van der Waals surface area contributed by atoms with Gasteiger partial charge in [-0.2, -0.15) is 0 Å². The molecule has 0 rings (SSSR count). The molecule has 0 spiro atoms. The summed E-state index contributed by atoms with van der Waals surface area (Å²) in [6.07, 6.45) is 0.882. The van der Waals surface area contributed by atoms with Gasteiger partial charge >= 0.3 is 12.0 Å². The van der Waals surface area contributed by atoms with Crippen LogP contribution in [0.5, 0.6) is 0 Å². The van der Waals surface area contributed by atoms with E-state index in [2.05, 4.69) is 24.5 Å². The summed E-state index contributed by atoms with van der Waals surface area (Å²) in [6, 6.07) is -1.25. The average Bonchev–Trinajstić information content (AvgIpc) is 2.12. The predicted molar refractivity (Wildman–Crippen MR) is 62.3 cm³/mol. The molecule has 0 fully saturated rings. The van der Waals surface area contributed by atoms with Crippen molar-refractivity contribution < 1.29 is 14.7 Å². The zero-order valence-corrected chi connectivity index (χ0v) is 10.4. The zero-order valence-electron chi connectivity index (χ0n) is 10.4. The number of urea groups is 1. The molecule has 0 aliphatic carbocycles. The number of hydrogen-bond acceptors (Lipinski definition) is 2. The van der Waals surface area contributed by atoms with Gasteiger partial charge in [0, 0.05) is 6.54 Å². The largest absolute Gasteiger partial charge is 0.480 e. The second-order valence-electron chi connectivity index (χ2n) is 4.64. The lowest BCUT2D eigenvalue weighted by atomic mass is 10.1. The van der Waals surface area contributed by atoms with E-state index < -0.39 is 18.0 Å². The summed E-state index contributed by atoms with van der Waals surface area (Å²) in [5.74, 6) is -0.622. The first-order valence-corrected chi connectivity index (χ1v) is 5.61. The Balaban J connectivity index is 3.97. The van der Waals surface area contributed by atoms with Crippen LogP contribution in [0.2, 0.25) is 0 Å². The maximum absolute atomic E-state index is 11.4. The minimum atomic E-state index is -1.01. The number of carboxylic acids is 1. The SMILES string of the molecule is CC(C)CCNC(=O)NC(C(=O)O)C(C)C.